The van der Waals surface area contributed by atoms with Crippen molar-refractivity contribution in [2.75, 3.05) is 0 Å². The van der Waals surface area contributed by atoms with Crippen molar-refractivity contribution in [1.82, 2.24) is 9.88 Å². The lowest BCUT2D eigenvalue weighted by Gasteiger charge is -2.35. The van der Waals surface area contributed by atoms with Gasteiger partial charge in [-0.15, -0.1) is 0 Å². The molecule has 3 rings (SSSR count). The maximum atomic E-state index is 12.4. The van der Waals surface area contributed by atoms with Crippen LogP contribution in [-0.4, -0.2) is 33.7 Å². The zero-order chi connectivity index (χ0) is 15.0. The maximum absolute atomic E-state index is 12.4. The molecule has 1 fully saturated rings. The Morgan fingerprint density at radius 2 is 2.19 bits per heavy atom. The predicted octanol–water partition coefficient (Wildman–Crippen LogP) is 3.64. The van der Waals surface area contributed by atoms with Gasteiger partial charge in [0.15, 0.2) is 0 Å². The van der Waals surface area contributed by atoms with E-state index in [2.05, 4.69) is 17.1 Å². The summed E-state index contributed by atoms with van der Waals surface area (Å²) < 4.78 is 5.54. The van der Waals surface area contributed by atoms with Gasteiger partial charge in [-0.2, -0.15) is 0 Å². The lowest BCUT2D eigenvalue weighted by molar-refractivity contribution is 0.0175. The topological polar surface area (TPSA) is 42.4 Å². The molecule has 2 unspecified atom stereocenters. The third-order valence-corrected chi connectivity index (χ3v) is 4.03. The van der Waals surface area contributed by atoms with Crippen LogP contribution in [0.2, 0.25) is 0 Å². The second kappa shape index (κ2) is 5.17. The summed E-state index contributed by atoms with van der Waals surface area (Å²) in [4.78, 5) is 18.5. The summed E-state index contributed by atoms with van der Waals surface area (Å²) in [6, 6.07) is 4.46. The van der Waals surface area contributed by atoms with Crippen LogP contribution in [0.4, 0.5) is 4.79 Å². The van der Waals surface area contributed by atoms with E-state index in [1.165, 1.54) is 11.1 Å². The quantitative estimate of drug-likeness (QED) is 0.791. The van der Waals surface area contributed by atoms with Gasteiger partial charge in [0.25, 0.3) is 0 Å². The molecule has 1 aromatic rings. The van der Waals surface area contributed by atoms with Crippen molar-refractivity contribution in [3.8, 4) is 0 Å². The normalized spacial score (nSPS) is 24.7. The molecule has 0 radical (unpaired) electrons. The van der Waals surface area contributed by atoms with Crippen LogP contribution in [0.3, 0.4) is 0 Å². The average molecular weight is 286 g/mol. The predicted molar refractivity (Wildman–Crippen MR) is 81.7 cm³/mol. The highest BCUT2D eigenvalue weighted by atomic mass is 16.6. The Bertz CT molecular complexity index is 560. The molecule has 2 bridgehead atoms. The zero-order valence-electron chi connectivity index (χ0n) is 12.9. The number of amides is 1. The van der Waals surface area contributed by atoms with Gasteiger partial charge in [-0.05, 0) is 57.2 Å². The molecule has 0 saturated carbocycles. The first-order chi connectivity index (χ1) is 9.94. The summed E-state index contributed by atoms with van der Waals surface area (Å²) >= 11 is 0. The molecule has 4 heteroatoms. The van der Waals surface area contributed by atoms with Crippen LogP contribution in [-0.2, 0) is 4.74 Å². The smallest absolute Gasteiger partial charge is 0.411 e. The van der Waals surface area contributed by atoms with Gasteiger partial charge in [-0.1, -0.05) is 12.1 Å². The Morgan fingerprint density at radius 3 is 2.81 bits per heavy atom. The van der Waals surface area contributed by atoms with Gasteiger partial charge in [0.1, 0.15) is 5.60 Å². The fraction of sp³-hybridized carbons (Fsp3) is 0.529. The highest BCUT2D eigenvalue weighted by molar-refractivity contribution is 5.75. The van der Waals surface area contributed by atoms with Crippen LogP contribution in [0.1, 0.15) is 45.6 Å². The van der Waals surface area contributed by atoms with Crippen LogP contribution in [0.15, 0.2) is 30.6 Å². The minimum Gasteiger partial charge on any atom is -0.444 e. The number of hydrogen-bond acceptors (Lipinski definition) is 3. The molecule has 0 N–H and O–H groups in total. The molecule has 1 amide bonds. The standard InChI is InChI=1S/C17H22N2O2/c1-17(2,3)21-16(20)19-14-6-7-15(19)10-13(9-14)12-5-4-8-18-11-12/h4-5,8-9,11,14-15H,6-7,10H2,1-3H3. The van der Waals surface area contributed by atoms with Crippen molar-refractivity contribution < 1.29 is 9.53 Å². The van der Waals surface area contributed by atoms with E-state index in [0.717, 1.165) is 19.3 Å². The SMILES string of the molecule is CC(C)(C)OC(=O)N1C2C=C(c3cccnc3)CC1CC2. The summed E-state index contributed by atoms with van der Waals surface area (Å²) in [5.41, 5.74) is 2.03. The molecule has 2 atom stereocenters. The van der Waals surface area contributed by atoms with Crippen LogP contribution < -0.4 is 0 Å². The fourth-order valence-electron chi connectivity index (χ4n) is 3.20. The number of pyridine rings is 1. The first-order valence-corrected chi connectivity index (χ1v) is 7.56. The summed E-state index contributed by atoms with van der Waals surface area (Å²) in [7, 11) is 0. The van der Waals surface area contributed by atoms with Crippen molar-refractivity contribution in [3.05, 3.63) is 36.2 Å². The van der Waals surface area contributed by atoms with Gasteiger partial charge in [0.2, 0.25) is 0 Å². The highest BCUT2D eigenvalue weighted by Gasteiger charge is 2.41. The van der Waals surface area contributed by atoms with E-state index in [0.29, 0.717) is 0 Å². The zero-order valence-corrected chi connectivity index (χ0v) is 12.9. The molecule has 0 aliphatic carbocycles. The van der Waals surface area contributed by atoms with Crippen molar-refractivity contribution in [2.45, 2.75) is 57.7 Å². The van der Waals surface area contributed by atoms with Crippen molar-refractivity contribution in [3.63, 3.8) is 0 Å². The number of nitrogens with zero attached hydrogens (tertiary/aromatic N) is 2. The fourth-order valence-corrected chi connectivity index (χ4v) is 3.20. The van der Waals surface area contributed by atoms with Gasteiger partial charge >= 0.3 is 6.09 Å². The van der Waals surface area contributed by atoms with Gasteiger partial charge < -0.3 is 4.74 Å². The first kappa shape index (κ1) is 14.1. The Kier molecular flexibility index (Phi) is 3.47. The van der Waals surface area contributed by atoms with Crippen LogP contribution >= 0.6 is 0 Å². The third kappa shape index (κ3) is 2.94. The van der Waals surface area contributed by atoms with Gasteiger partial charge in [-0.3, -0.25) is 9.88 Å². The lowest BCUT2D eigenvalue weighted by atomic mass is 9.96. The van der Waals surface area contributed by atoms with Gasteiger partial charge in [0.05, 0.1) is 6.04 Å². The maximum Gasteiger partial charge on any atom is 0.411 e. The van der Waals surface area contributed by atoms with Gasteiger partial charge in [0, 0.05) is 18.4 Å². The van der Waals surface area contributed by atoms with Crippen LogP contribution in [0.25, 0.3) is 5.57 Å². The van der Waals surface area contributed by atoms with Crippen molar-refractivity contribution >= 4 is 11.7 Å². The molecule has 2 aliphatic heterocycles. The summed E-state index contributed by atoms with van der Waals surface area (Å²) in [5.74, 6) is 0. The highest BCUT2D eigenvalue weighted by Crippen LogP contribution is 2.39. The molecule has 1 saturated heterocycles. The molecule has 112 valence electrons. The number of aromatic nitrogens is 1. The number of hydrogen-bond donors (Lipinski definition) is 0. The second-order valence-electron chi connectivity index (χ2n) is 6.82. The molecule has 3 heterocycles. The van der Waals surface area contributed by atoms with E-state index in [1.807, 2.05) is 37.9 Å². The second-order valence-corrected chi connectivity index (χ2v) is 6.82. The number of ether oxygens (including phenoxy) is 1. The van der Waals surface area contributed by atoms with Crippen LogP contribution in [0.5, 0.6) is 0 Å². The molecule has 1 aromatic heterocycles. The van der Waals surface area contributed by atoms with Crippen molar-refractivity contribution in [2.24, 2.45) is 0 Å². The van der Waals surface area contributed by atoms with Crippen LogP contribution in [0, 0.1) is 0 Å². The van der Waals surface area contributed by atoms with E-state index in [1.54, 1.807) is 6.20 Å². The largest absolute Gasteiger partial charge is 0.444 e. The molecular formula is C17H22N2O2. The van der Waals surface area contributed by atoms with E-state index in [9.17, 15) is 4.79 Å². The summed E-state index contributed by atoms with van der Waals surface area (Å²) in [6.45, 7) is 5.73. The van der Waals surface area contributed by atoms with E-state index in [4.69, 9.17) is 4.74 Å². The molecule has 0 spiro atoms. The monoisotopic (exact) mass is 286 g/mol. The minimum absolute atomic E-state index is 0.161. The Hall–Kier alpha value is -1.84. The summed E-state index contributed by atoms with van der Waals surface area (Å²) in [6.07, 6.45) is 8.67. The molecule has 2 aliphatic rings. The lowest BCUT2D eigenvalue weighted by Crippen LogP contribution is -2.45. The van der Waals surface area contributed by atoms with E-state index in [-0.39, 0.29) is 18.2 Å². The average Bonchev–Trinajstić information content (AvgIpc) is 2.69. The van der Waals surface area contributed by atoms with E-state index < -0.39 is 5.60 Å². The Labute approximate surface area is 125 Å². The number of carbonyl (C=O) groups is 1. The third-order valence-electron chi connectivity index (χ3n) is 4.03. The first-order valence-electron chi connectivity index (χ1n) is 7.56. The van der Waals surface area contributed by atoms with E-state index >= 15 is 0 Å². The molecule has 4 nitrogen and oxygen atoms in total. The Balaban J connectivity index is 1.80. The molecule has 0 aromatic carbocycles. The number of rotatable bonds is 1. The Morgan fingerprint density at radius 1 is 1.38 bits per heavy atom. The van der Waals surface area contributed by atoms with Crippen molar-refractivity contribution in [1.29, 1.82) is 0 Å². The summed E-state index contributed by atoms with van der Waals surface area (Å²) in [5, 5.41) is 0. The minimum atomic E-state index is -0.441. The number of fused-ring (bicyclic) bond motifs is 2. The number of carbonyl (C=O) groups excluding carboxylic acids is 1. The van der Waals surface area contributed by atoms with Gasteiger partial charge in [-0.25, -0.2) is 4.79 Å². The molecular weight excluding hydrogens is 264 g/mol. The molecule has 21 heavy (non-hydrogen) atoms.